The fourth-order valence-corrected chi connectivity index (χ4v) is 4.38. The van der Waals surface area contributed by atoms with Gasteiger partial charge in [-0.15, -0.1) is 11.3 Å². The van der Waals surface area contributed by atoms with E-state index in [-0.39, 0.29) is 5.91 Å². The van der Waals surface area contributed by atoms with Crippen LogP contribution < -0.4 is 9.80 Å². The second kappa shape index (κ2) is 7.25. The zero-order valence-corrected chi connectivity index (χ0v) is 16.8. The third kappa shape index (κ3) is 3.23. The van der Waals surface area contributed by atoms with Gasteiger partial charge in [-0.25, -0.2) is 15.0 Å². The van der Waals surface area contributed by atoms with Gasteiger partial charge in [0.05, 0.1) is 17.2 Å². The molecule has 0 aliphatic carbocycles. The van der Waals surface area contributed by atoms with Crippen LogP contribution in [0.15, 0.2) is 60.8 Å². The van der Waals surface area contributed by atoms with Crippen molar-refractivity contribution in [2.45, 2.75) is 6.42 Å². The summed E-state index contributed by atoms with van der Waals surface area (Å²) in [6.07, 6.45) is 2.51. The number of aromatic nitrogens is 3. The van der Waals surface area contributed by atoms with Crippen molar-refractivity contribution < 1.29 is 4.79 Å². The third-order valence-corrected chi connectivity index (χ3v) is 6.04. The second-order valence-corrected chi connectivity index (χ2v) is 8.02. The van der Waals surface area contributed by atoms with Crippen LogP contribution in [0.5, 0.6) is 0 Å². The molecule has 0 fully saturated rings. The molecule has 7 heteroatoms. The largest absolute Gasteiger partial charge is 0.357 e. The van der Waals surface area contributed by atoms with Crippen molar-refractivity contribution in [3.05, 3.63) is 65.7 Å². The monoisotopic (exact) mass is 401 g/mol. The lowest BCUT2D eigenvalue weighted by molar-refractivity contribution is 0.0990. The van der Waals surface area contributed by atoms with Gasteiger partial charge in [-0.2, -0.15) is 0 Å². The SMILES string of the molecule is CN1CCCN(C(=O)c2cnc(-c3ccccc3)s2)c2nc3ccccc3nc21. The third-order valence-electron chi connectivity index (χ3n) is 5.01. The second-order valence-electron chi connectivity index (χ2n) is 6.99. The standard InChI is InChI=1S/C22H19N5OS/c1-26-12-7-13-27(20-19(26)24-16-10-5-6-11-17(16)25-20)22(28)18-14-23-21(29-18)15-8-3-2-4-9-15/h2-6,8-11,14H,7,12-13H2,1H3. The molecule has 1 aliphatic heterocycles. The summed E-state index contributed by atoms with van der Waals surface area (Å²) < 4.78 is 0. The van der Waals surface area contributed by atoms with Gasteiger partial charge < -0.3 is 4.90 Å². The molecule has 5 rings (SSSR count). The number of hydrogen-bond donors (Lipinski definition) is 0. The summed E-state index contributed by atoms with van der Waals surface area (Å²) >= 11 is 1.41. The van der Waals surface area contributed by atoms with Gasteiger partial charge in [0.1, 0.15) is 9.88 Å². The maximum atomic E-state index is 13.4. The Balaban J connectivity index is 1.56. The normalized spacial score (nSPS) is 14.0. The number of fused-ring (bicyclic) bond motifs is 2. The molecule has 1 aliphatic rings. The summed E-state index contributed by atoms with van der Waals surface area (Å²) in [7, 11) is 2.00. The average Bonchev–Trinajstić information content (AvgIpc) is 3.20. The summed E-state index contributed by atoms with van der Waals surface area (Å²) in [5.74, 6) is 1.27. The number of carbonyl (C=O) groups is 1. The summed E-state index contributed by atoms with van der Waals surface area (Å²) in [5.41, 5.74) is 2.63. The number of nitrogens with zero attached hydrogens (tertiary/aromatic N) is 5. The van der Waals surface area contributed by atoms with Gasteiger partial charge in [-0.1, -0.05) is 42.5 Å². The van der Waals surface area contributed by atoms with Crippen molar-refractivity contribution in [2.24, 2.45) is 0 Å². The lowest BCUT2D eigenvalue weighted by atomic mass is 10.2. The molecule has 2 aromatic carbocycles. The summed E-state index contributed by atoms with van der Waals surface area (Å²) in [5, 5.41) is 0.839. The highest BCUT2D eigenvalue weighted by Crippen LogP contribution is 2.33. The van der Waals surface area contributed by atoms with E-state index in [1.165, 1.54) is 11.3 Å². The number of thiazole rings is 1. The number of rotatable bonds is 2. The summed E-state index contributed by atoms with van der Waals surface area (Å²) in [6.45, 7) is 1.42. The first-order chi connectivity index (χ1) is 14.2. The summed E-state index contributed by atoms with van der Waals surface area (Å²) in [6, 6.07) is 17.7. The number of anilines is 2. The van der Waals surface area contributed by atoms with E-state index >= 15 is 0 Å². The lowest BCUT2D eigenvalue weighted by Gasteiger charge is -2.22. The smallest absolute Gasteiger partial charge is 0.271 e. The van der Waals surface area contributed by atoms with Gasteiger partial charge in [0.15, 0.2) is 11.6 Å². The molecule has 0 atom stereocenters. The molecule has 0 bridgehead atoms. The highest BCUT2D eigenvalue weighted by molar-refractivity contribution is 7.17. The Morgan fingerprint density at radius 1 is 0.931 bits per heavy atom. The molecule has 0 saturated carbocycles. The van der Waals surface area contributed by atoms with E-state index in [0.717, 1.165) is 40.4 Å². The molecule has 0 spiro atoms. The van der Waals surface area contributed by atoms with Crippen LogP contribution in [0.2, 0.25) is 0 Å². The molecule has 4 aromatic rings. The summed E-state index contributed by atoms with van der Waals surface area (Å²) in [4.78, 5) is 31.9. The minimum Gasteiger partial charge on any atom is -0.357 e. The van der Waals surface area contributed by atoms with Crippen LogP contribution in [0.25, 0.3) is 21.6 Å². The Bertz CT molecular complexity index is 1190. The number of carbonyl (C=O) groups excluding carboxylic acids is 1. The van der Waals surface area contributed by atoms with Crippen molar-refractivity contribution in [3.8, 4) is 10.6 Å². The molecule has 144 valence electrons. The van der Waals surface area contributed by atoms with Crippen LogP contribution in [0, 0.1) is 0 Å². The fraction of sp³-hybridized carbons (Fsp3) is 0.182. The molecule has 1 amide bonds. The van der Waals surface area contributed by atoms with E-state index in [4.69, 9.17) is 9.97 Å². The van der Waals surface area contributed by atoms with Gasteiger partial charge in [0.2, 0.25) is 0 Å². The predicted molar refractivity (Wildman–Crippen MR) is 117 cm³/mol. The van der Waals surface area contributed by atoms with Gasteiger partial charge in [0, 0.05) is 25.7 Å². The van der Waals surface area contributed by atoms with E-state index in [1.54, 1.807) is 11.1 Å². The first kappa shape index (κ1) is 17.8. The topological polar surface area (TPSA) is 62.2 Å². The maximum Gasteiger partial charge on any atom is 0.271 e. The van der Waals surface area contributed by atoms with Crippen LogP contribution in [0.4, 0.5) is 11.6 Å². The molecule has 0 N–H and O–H groups in total. The number of hydrogen-bond acceptors (Lipinski definition) is 6. The zero-order valence-electron chi connectivity index (χ0n) is 15.9. The molecule has 3 heterocycles. The molecule has 0 radical (unpaired) electrons. The quantitative estimate of drug-likeness (QED) is 0.503. The number of amides is 1. The molecular formula is C22H19N5OS. The fourth-order valence-electron chi connectivity index (χ4n) is 3.51. The Morgan fingerprint density at radius 2 is 1.62 bits per heavy atom. The first-order valence-electron chi connectivity index (χ1n) is 9.52. The average molecular weight is 401 g/mol. The highest BCUT2D eigenvalue weighted by atomic mass is 32.1. The van der Waals surface area contributed by atoms with Crippen molar-refractivity contribution in [1.82, 2.24) is 15.0 Å². The van der Waals surface area contributed by atoms with Crippen molar-refractivity contribution in [3.63, 3.8) is 0 Å². The minimum absolute atomic E-state index is 0.0780. The van der Waals surface area contributed by atoms with Gasteiger partial charge >= 0.3 is 0 Å². The predicted octanol–water partition coefficient (Wildman–Crippen LogP) is 4.24. The molecule has 2 aromatic heterocycles. The Hall–Kier alpha value is -3.32. The van der Waals surface area contributed by atoms with Crippen molar-refractivity contribution in [1.29, 1.82) is 0 Å². The zero-order chi connectivity index (χ0) is 19.8. The van der Waals surface area contributed by atoms with E-state index in [9.17, 15) is 4.79 Å². The van der Waals surface area contributed by atoms with E-state index in [2.05, 4.69) is 9.88 Å². The van der Waals surface area contributed by atoms with Gasteiger partial charge in [-0.05, 0) is 18.6 Å². The van der Waals surface area contributed by atoms with Crippen LogP contribution in [-0.2, 0) is 0 Å². The molecule has 29 heavy (non-hydrogen) atoms. The van der Waals surface area contributed by atoms with Crippen LogP contribution >= 0.6 is 11.3 Å². The molecule has 0 unspecified atom stereocenters. The van der Waals surface area contributed by atoms with Gasteiger partial charge in [-0.3, -0.25) is 9.69 Å². The van der Waals surface area contributed by atoms with E-state index in [0.29, 0.717) is 17.2 Å². The molecule has 6 nitrogen and oxygen atoms in total. The van der Waals surface area contributed by atoms with Crippen LogP contribution in [0.3, 0.4) is 0 Å². The molecule has 0 saturated heterocycles. The Kier molecular flexibility index (Phi) is 4.44. The Morgan fingerprint density at radius 3 is 2.38 bits per heavy atom. The van der Waals surface area contributed by atoms with Crippen molar-refractivity contribution in [2.75, 3.05) is 29.9 Å². The number of benzene rings is 2. The van der Waals surface area contributed by atoms with Gasteiger partial charge in [0.25, 0.3) is 5.91 Å². The Labute approximate surface area is 172 Å². The van der Waals surface area contributed by atoms with E-state index in [1.807, 2.05) is 61.6 Å². The number of para-hydroxylation sites is 2. The van der Waals surface area contributed by atoms with E-state index < -0.39 is 0 Å². The van der Waals surface area contributed by atoms with Crippen molar-refractivity contribution >= 4 is 39.9 Å². The maximum absolute atomic E-state index is 13.4. The minimum atomic E-state index is -0.0780. The first-order valence-corrected chi connectivity index (χ1v) is 10.3. The highest BCUT2D eigenvalue weighted by Gasteiger charge is 2.28. The lowest BCUT2D eigenvalue weighted by Crippen LogP contribution is -2.31. The molecular weight excluding hydrogens is 382 g/mol. The van der Waals surface area contributed by atoms with Crippen LogP contribution in [0.1, 0.15) is 16.1 Å². The van der Waals surface area contributed by atoms with Crippen LogP contribution in [-0.4, -0.2) is 41.0 Å².